The number of hydrogen-bond donors (Lipinski definition) is 1. The average molecular weight is 222 g/mol. The lowest BCUT2D eigenvalue weighted by Gasteiger charge is -2.29. The average Bonchev–Trinajstić information content (AvgIpc) is 2.29. The molecule has 2 rings (SSSR count). The molecule has 1 N–H and O–H groups in total. The summed E-state index contributed by atoms with van der Waals surface area (Å²) >= 11 is 2.08. The smallest absolute Gasteiger partial charge is 0.0541 e. The van der Waals surface area contributed by atoms with Crippen LogP contribution in [-0.2, 0) is 6.54 Å². The van der Waals surface area contributed by atoms with Crippen molar-refractivity contribution in [1.29, 1.82) is 0 Å². The van der Waals surface area contributed by atoms with Crippen molar-refractivity contribution in [3.63, 3.8) is 0 Å². The second kappa shape index (κ2) is 5.52. The Morgan fingerprint density at radius 3 is 3.20 bits per heavy atom. The molecule has 3 heteroatoms. The third-order valence-corrected chi connectivity index (χ3v) is 4.26. The highest BCUT2D eigenvalue weighted by molar-refractivity contribution is 7.99. The fourth-order valence-electron chi connectivity index (χ4n) is 1.93. The van der Waals surface area contributed by atoms with E-state index in [0.29, 0.717) is 6.04 Å². The van der Waals surface area contributed by atoms with E-state index >= 15 is 0 Å². The first kappa shape index (κ1) is 11.0. The second-order valence-electron chi connectivity index (χ2n) is 4.03. The van der Waals surface area contributed by atoms with E-state index in [-0.39, 0.29) is 0 Å². The third-order valence-electron chi connectivity index (χ3n) is 2.88. The van der Waals surface area contributed by atoms with Crippen LogP contribution in [0.5, 0.6) is 0 Å². The van der Waals surface area contributed by atoms with Crippen molar-refractivity contribution in [2.75, 3.05) is 5.75 Å². The van der Waals surface area contributed by atoms with E-state index in [2.05, 4.69) is 35.1 Å². The van der Waals surface area contributed by atoms with Crippen LogP contribution in [0.25, 0.3) is 0 Å². The molecular formula is C12H18N2S. The van der Waals surface area contributed by atoms with E-state index < -0.39 is 0 Å². The monoisotopic (exact) mass is 222 g/mol. The number of thioether (sulfide) groups is 1. The molecule has 1 aliphatic rings. The van der Waals surface area contributed by atoms with Gasteiger partial charge in [-0.1, -0.05) is 13.0 Å². The van der Waals surface area contributed by atoms with Gasteiger partial charge in [0, 0.05) is 24.0 Å². The standard InChI is InChI=1S/C12H18N2S/c1-10-12(6-4-8-15-10)14-9-11-5-2-3-7-13-11/h2-3,5,7,10,12,14H,4,6,8-9H2,1H3. The van der Waals surface area contributed by atoms with Crippen molar-refractivity contribution in [2.45, 2.75) is 37.6 Å². The Hall–Kier alpha value is -0.540. The van der Waals surface area contributed by atoms with E-state index in [9.17, 15) is 0 Å². The number of nitrogens with one attached hydrogen (secondary N) is 1. The van der Waals surface area contributed by atoms with Crippen molar-refractivity contribution < 1.29 is 0 Å². The van der Waals surface area contributed by atoms with Crippen LogP contribution in [0, 0.1) is 0 Å². The summed E-state index contributed by atoms with van der Waals surface area (Å²) in [6.45, 7) is 3.22. The van der Waals surface area contributed by atoms with E-state index in [1.807, 2.05) is 18.3 Å². The Labute approximate surface area is 95.9 Å². The Bertz CT molecular complexity index is 289. The predicted octanol–water partition coefficient (Wildman–Crippen LogP) is 2.46. The Morgan fingerprint density at radius 1 is 1.53 bits per heavy atom. The van der Waals surface area contributed by atoms with Crippen molar-refractivity contribution >= 4 is 11.8 Å². The molecule has 0 aromatic carbocycles. The molecule has 2 nitrogen and oxygen atoms in total. The summed E-state index contributed by atoms with van der Waals surface area (Å²) in [4.78, 5) is 4.32. The number of aromatic nitrogens is 1. The summed E-state index contributed by atoms with van der Waals surface area (Å²) in [6.07, 6.45) is 4.51. The zero-order valence-corrected chi connectivity index (χ0v) is 9.96. The number of pyridine rings is 1. The first-order valence-corrected chi connectivity index (χ1v) is 6.66. The van der Waals surface area contributed by atoms with Crippen LogP contribution in [0.2, 0.25) is 0 Å². The van der Waals surface area contributed by atoms with Crippen LogP contribution in [0.15, 0.2) is 24.4 Å². The van der Waals surface area contributed by atoms with Gasteiger partial charge in [0.25, 0.3) is 0 Å². The van der Waals surface area contributed by atoms with Crippen molar-refractivity contribution in [1.82, 2.24) is 10.3 Å². The van der Waals surface area contributed by atoms with Gasteiger partial charge in [0.2, 0.25) is 0 Å². The molecule has 82 valence electrons. The fraction of sp³-hybridized carbons (Fsp3) is 0.583. The molecule has 0 bridgehead atoms. The molecule has 2 unspecified atom stereocenters. The van der Waals surface area contributed by atoms with Crippen LogP contribution < -0.4 is 5.32 Å². The normalized spacial score (nSPS) is 26.5. The minimum atomic E-state index is 0.658. The summed E-state index contributed by atoms with van der Waals surface area (Å²) in [5.74, 6) is 1.32. The summed E-state index contributed by atoms with van der Waals surface area (Å²) in [5, 5.41) is 4.34. The molecule has 0 amide bonds. The van der Waals surface area contributed by atoms with Crippen LogP contribution in [0.4, 0.5) is 0 Å². The molecule has 0 radical (unpaired) electrons. The van der Waals surface area contributed by atoms with Gasteiger partial charge in [-0.25, -0.2) is 0 Å². The fourth-order valence-corrected chi connectivity index (χ4v) is 3.10. The lowest BCUT2D eigenvalue weighted by Crippen LogP contribution is -2.38. The van der Waals surface area contributed by atoms with Gasteiger partial charge in [-0.3, -0.25) is 4.98 Å². The van der Waals surface area contributed by atoms with Crippen LogP contribution >= 0.6 is 11.8 Å². The minimum Gasteiger partial charge on any atom is -0.307 e. The highest BCUT2D eigenvalue weighted by Gasteiger charge is 2.20. The zero-order chi connectivity index (χ0) is 10.5. The largest absolute Gasteiger partial charge is 0.307 e. The minimum absolute atomic E-state index is 0.658. The van der Waals surface area contributed by atoms with E-state index in [4.69, 9.17) is 0 Å². The first-order chi connectivity index (χ1) is 7.36. The van der Waals surface area contributed by atoms with Crippen LogP contribution in [-0.4, -0.2) is 22.0 Å². The van der Waals surface area contributed by atoms with Crippen molar-refractivity contribution in [2.24, 2.45) is 0 Å². The van der Waals surface area contributed by atoms with Gasteiger partial charge in [-0.2, -0.15) is 11.8 Å². The summed E-state index contributed by atoms with van der Waals surface area (Å²) in [7, 11) is 0. The molecule has 1 saturated heterocycles. The van der Waals surface area contributed by atoms with Gasteiger partial charge < -0.3 is 5.32 Å². The molecular weight excluding hydrogens is 204 g/mol. The molecule has 1 aromatic rings. The highest BCUT2D eigenvalue weighted by Crippen LogP contribution is 2.25. The Balaban J connectivity index is 1.82. The van der Waals surface area contributed by atoms with Crippen LogP contribution in [0.1, 0.15) is 25.5 Å². The predicted molar refractivity (Wildman–Crippen MR) is 66.0 cm³/mol. The molecule has 2 atom stereocenters. The summed E-state index contributed by atoms with van der Waals surface area (Å²) in [5.41, 5.74) is 1.14. The second-order valence-corrected chi connectivity index (χ2v) is 5.51. The van der Waals surface area contributed by atoms with Crippen molar-refractivity contribution in [3.8, 4) is 0 Å². The molecule has 15 heavy (non-hydrogen) atoms. The Morgan fingerprint density at radius 2 is 2.47 bits per heavy atom. The summed E-state index contributed by atoms with van der Waals surface area (Å²) < 4.78 is 0. The van der Waals surface area contributed by atoms with Gasteiger partial charge in [0.15, 0.2) is 0 Å². The quantitative estimate of drug-likeness (QED) is 0.850. The maximum absolute atomic E-state index is 4.32. The molecule has 2 heterocycles. The highest BCUT2D eigenvalue weighted by atomic mass is 32.2. The van der Waals surface area contributed by atoms with Gasteiger partial charge in [-0.15, -0.1) is 0 Å². The molecule has 0 saturated carbocycles. The molecule has 1 aromatic heterocycles. The lowest BCUT2D eigenvalue weighted by molar-refractivity contribution is 0.459. The summed E-state index contributed by atoms with van der Waals surface area (Å²) in [6, 6.07) is 6.74. The number of rotatable bonds is 3. The van der Waals surface area contributed by atoms with Gasteiger partial charge in [0.05, 0.1) is 5.69 Å². The van der Waals surface area contributed by atoms with Crippen LogP contribution in [0.3, 0.4) is 0 Å². The zero-order valence-electron chi connectivity index (χ0n) is 9.15. The number of nitrogens with zero attached hydrogens (tertiary/aromatic N) is 1. The van der Waals surface area contributed by atoms with E-state index in [1.165, 1.54) is 18.6 Å². The third kappa shape index (κ3) is 3.21. The number of hydrogen-bond acceptors (Lipinski definition) is 3. The molecule has 1 fully saturated rings. The SMILES string of the molecule is CC1SCCCC1NCc1ccccn1. The molecule has 1 aliphatic heterocycles. The molecule has 0 aliphatic carbocycles. The van der Waals surface area contributed by atoms with Gasteiger partial charge in [-0.05, 0) is 30.7 Å². The lowest BCUT2D eigenvalue weighted by atomic mass is 10.1. The van der Waals surface area contributed by atoms with Gasteiger partial charge >= 0.3 is 0 Å². The van der Waals surface area contributed by atoms with E-state index in [1.54, 1.807) is 0 Å². The molecule has 0 spiro atoms. The Kier molecular flexibility index (Phi) is 4.03. The topological polar surface area (TPSA) is 24.9 Å². The first-order valence-electron chi connectivity index (χ1n) is 5.61. The van der Waals surface area contributed by atoms with Crippen molar-refractivity contribution in [3.05, 3.63) is 30.1 Å². The van der Waals surface area contributed by atoms with E-state index in [0.717, 1.165) is 17.5 Å². The van der Waals surface area contributed by atoms with Gasteiger partial charge in [0.1, 0.15) is 0 Å². The maximum Gasteiger partial charge on any atom is 0.0541 e. The maximum atomic E-state index is 4.32.